The van der Waals surface area contributed by atoms with Gasteiger partial charge < -0.3 is 14.2 Å². The van der Waals surface area contributed by atoms with E-state index in [1.807, 2.05) is 0 Å². The van der Waals surface area contributed by atoms with Gasteiger partial charge in [0.2, 0.25) is 0 Å². The number of carbonyl (C=O) groups excluding carboxylic acids is 3. The molecule has 0 N–H and O–H groups in total. The van der Waals surface area contributed by atoms with E-state index in [0.29, 0.717) is 19.3 Å². The van der Waals surface area contributed by atoms with Crippen molar-refractivity contribution in [1.82, 2.24) is 0 Å². The molecule has 356 valence electrons. The van der Waals surface area contributed by atoms with Crippen LogP contribution in [0.15, 0.2) is 0 Å². The standard InChI is InChI=1S/C54H104O6/c1-5-8-10-12-14-16-18-20-21-22-23-25-30-34-38-42-46-53(56)59-49-51(48-58-52(55)45-41-37-33-29-24-19-17-15-13-11-9-6-2)60-54(57)47-43-39-35-31-27-26-28-32-36-40-44-50(4)7-3/h50-51H,5-49H2,1-4H3/t50?,51-/m0/s1. The highest BCUT2D eigenvalue weighted by atomic mass is 16.6. The van der Waals surface area contributed by atoms with Crippen molar-refractivity contribution in [3.05, 3.63) is 0 Å². The van der Waals surface area contributed by atoms with Gasteiger partial charge in [0.15, 0.2) is 6.10 Å². The quantitative estimate of drug-likeness (QED) is 0.0345. The van der Waals surface area contributed by atoms with Crippen LogP contribution in [-0.2, 0) is 28.6 Å². The molecule has 0 fully saturated rings. The van der Waals surface area contributed by atoms with Crippen LogP contribution in [0.4, 0.5) is 0 Å². The third-order valence-electron chi connectivity index (χ3n) is 12.7. The first-order valence-electron chi connectivity index (χ1n) is 26.9. The van der Waals surface area contributed by atoms with Crippen molar-refractivity contribution >= 4 is 17.9 Å². The van der Waals surface area contributed by atoms with Crippen LogP contribution in [0.5, 0.6) is 0 Å². The molecule has 0 aliphatic heterocycles. The van der Waals surface area contributed by atoms with Gasteiger partial charge >= 0.3 is 17.9 Å². The van der Waals surface area contributed by atoms with E-state index < -0.39 is 6.10 Å². The van der Waals surface area contributed by atoms with Crippen LogP contribution >= 0.6 is 0 Å². The average Bonchev–Trinajstić information content (AvgIpc) is 3.25. The molecule has 2 atom stereocenters. The van der Waals surface area contributed by atoms with Gasteiger partial charge in [-0.05, 0) is 25.2 Å². The van der Waals surface area contributed by atoms with Crippen LogP contribution in [-0.4, -0.2) is 37.2 Å². The van der Waals surface area contributed by atoms with Crippen molar-refractivity contribution in [1.29, 1.82) is 0 Å². The summed E-state index contributed by atoms with van der Waals surface area (Å²) < 4.78 is 16.8. The SMILES string of the molecule is CCCCCCCCCCCCCCCCCCC(=O)OC[C@H](COC(=O)CCCCCCCCCCCCCC)OC(=O)CCCCCCCCCCCCC(C)CC. The number of esters is 3. The van der Waals surface area contributed by atoms with Crippen molar-refractivity contribution in [2.45, 2.75) is 310 Å². The minimum Gasteiger partial charge on any atom is -0.462 e. The summed E-state index contributed by atoms with van der Waals surface area (Å²) in [4.78, 5) is 38.0. The van der Waals surface area contributed by atoms with Crippen molar-refractivity contribution < 1.29 is 28.6 Å². The predicted molar refractivity (Wildman–Crippen MR) is 257 cm³/mol. The molecule has 0 rings (SSSR count). The van der Waals surface area contributed by atoms with Crippen LogP contribution in [0.3, 0.4) is 0 Å². The summed E-state index contributed by atoms with van der Waals surface area (Å²) in [5, 5.41) is 0. The van der Waals surface area contributed by atoms with Gasteiger partial charge in [-0.3, -0.25) is 14.4 Å². The number of carbonyl (C=O) groups is 3. The second-order valence-electron chi connectivity index (χ2n) is 18.8. The Morgan fingerprint density at radius 2 is 0.583 bits per heavy atom. The Labute approximate surface area is 374 Å². The zero-order valence-corrected chi connectivity index (χ0v) is 40.9. The van der Waals surface area contributed by atoms with Crippen LogP contribution < -0.4 is 0 Å². The molecule has 0 amide bonds. The van der Waals surface area contributed by atoms with Crippen LogP contribution in [0.25, 0.3) is 0 Å². The Hall–Kier alpha value is -1.59. The number of unbranched alkanes of at least 4 members (excludes halogenated alkanes) is 35. The summed E-state index contributed by atoms with van der Waals surface area (Å²) in [7, 11) is 0. The Balaban J connectivity index is 4.30. The van der Waals surface area contributed by atoms with E-state index in [1.54, 1.807) is 0 Å². The Kier molecular flexibility index (Phi) is 47.2. The molecule has 60 heavy (non-hydrogen) atoms. The van der Waals surface area contributed by atoms with Crippen molar-refractivity contribution in [2.24, 2.45) is 5.92 Å². The highest BCUT2D eigenvalue weighted by Gasteiger charge is 2.19. The van der Waals surface area contributed by atoms with E-state index in [2.05, 4.69) is 27.7 Å². The lowest BCUT2D eigenvalue weighted by Gasteiger charge is -2.18. The number of ether oxygens (including phenoxy) is 3. The van der Waals surface area contributed by atoms with Gasteiger partial charge in [0.25, 0.3) is 0 Å². The van der Waals surface area contributed by atoms with Gasteiger partial charge in [-0.25, -0.2) is 0 Å². The second kappa shape index (κ2) is 48.4. The molecule has 0 heterocycles. The van der Waals surface area contributed by atoms with Gasteiger partial charge in [0.05, 0.1) is 0 Å². The fourth-order valence-corrected chi connectivity index (χ4v) is 8.19. The largest absolute Gasteiger partial charge is 0.462 e. The Morgan fingerprint density at radius 1 is 0.333 bits per heavy atom. The summed E-state index contributed by atoms with van der Waals surface area (Å²) in [6.45, 7) is 9.06. The maximum atomic E-state index is 12.8. The van der Waals surface area contributed by atoms with Gasteiger partial charge in [0.1, 0.15) is 13.2 Å². The van der Waals surface area contributed by atoms with Gasteiger partial charge in [0, 0.05) is 19.3 Å². The first kappa shape index (κ1) is 58.4. The topological polar surface area (TPSA) is 78.9 Å². The first-order chi connectivity index (χ1) is 29.4. The summed E-state index contributed by atoms with van der Waals surface area (Å²) in [6.07, 6.45) is 50.8. The fraction of sp³-hybridized carbons (Fsp3) is 0.944. The lowest BCUT2D eigenvalue weighted by atomic mass is 9.99. The number of rotatable bonds is 49. The minimum atomic E-state index is -0.761. The molecule has 0 aromatic heterocycles. The molecule has 1 unspecified atom stereocenters. The second-order valence-corrected chi connectivity index (χ2v) is 18.8. The average molecular weight is 849 g/mol. The molecule has 0 aromatic rings. The van der Waals surface area contributed by atoms with E-state index in [0.717, 1.165) is 63.7 Å². The third kappa shape index (κ3) is 45.9. The van der Waals surface area contributed by atoms with E-state index in [4.69, 9.17) is 14.2 Å². The number of hydrogen-bond donors (Lipinski definition) is 0. The molecule has 0 aliphatic rings. The van der Waals surface area contributed by atoms with E-state index in [9.17, 15) is 14.4 Å². The van der Waals surface area contributed by atoms with Crippen molar-refractivity contribution in [2.75, 3.05) is 13.2 Å². The highest BCUT2D eigenvalue weighted by molar-refractivity contribution is 5.71. The van der Waals surface area contributed by atoms with Crippen LogP contribution in [0, 0.1) is 5.92 Å². The van der Waals surface area contributed by atoms with E-state index >= 15 is 0 Å². The Bertz CT molecular complexity index is 905. The molecule has 0 spiro atoms. The molecule has 6 heteroatoms. The lowest BCUT2D eigenvalue weighted by Crippen LogP contribution is -2.30. The normalized spacial score (nSPS) is 12.4. The van der Waals surface area contributed by atoms with Crippen molar-refractivity contribution in [3.63, 3.8) is 0 Å². The van der Waals surface area contributed by atoms with E-state index in [1.165, 1.54) is 199 Å². The molecule has 6 nitrogen and oxygen atoms in total. The maximum absolute atomic E-state index is 12.8. The zero-order chi connectivity index (χ0) is 43.8. The molecule has 0 aromatic carbocycles. The predicted octanol–water partition coefficient (Wildman–Crippen LogP) is 17.5. The van der Waals surface area contributed by atoms with Gasteiger partial charge in [-0.1, -0.05) is 265 Å². The molecular formula is C54H104O6. The first-order valence-corrected chi connectivity index (χ1v) is 26.9. The molecule has 0 bridgehead atoms. The molecule has 0 aliphatic carbocycles. The molecule has 0 saturated heterocycles. The monoisotopic (exact) mass is 849 g/mol. The Morgan fingerprint density at radius 3 is 0.867 bits per heavy atom. The summed E-state index contributed by atoms with van der Waals surface area (Å²) in [5.41, 5.74) is 0. The molecular weight excluding hydrogens is 745 g/mol. The molecule has 0 saturated carbocycles. The third-order valence-corrected chi connectivity index (χ3v) is 12.7. The summed E-state index contributed by atoms with van der Waals surface area (Å²) >= 11 is 0. The van der Waals surface area contributed by atoms with Crippen molar-refractivity contribution in [3.8, 4) is 0 Å². The minimum absolute atomic E-state index is 0.0626. The molecule has 0 radical (unpaired) electrons. The van der Waals surface area contributed by atoms with Gasteiger partial charge in [-0.2, -0.15) is 0 Å². The van der Waals surface area contributed by atoms with Gasteiger partial charge in [-0.15, -0.1) is 0 Å². The zero-order valence-electron chi connectivity index (χ0n) is 40.9. The smallest absolute Gasteiger partial charge is 0.306 e. The fourth-order valence-electron chi connectivity index (χ4n) is 8.19. The van der Waals surface area contributed by atoms with Crippen LogP contribution in [0.2, 0.25) is 0 Å². The summed E-state index contributed by atoms with van der Waals surface area (Å²) in [5.74, 6) is 0.0256. The highest BCUT2D eigenvalue weighted by Crippen LogP contribution is 2.18. The van der Waals surface area contributed by atoms with E-state index in [-0.39, 0.29) is 31.1 Å². The lowest BCUT2D eigenvalue weighted by molar-refractivity contribution is -0.167. The van der Waals surface area contributed by atoms with Crippen LogP contribution in [0.1, 0.15) is 304 Å². The maximum Gasteiger partial charge on any atom is 0.306 e. The number of hydrogen-bond acceptors (Lipinski definition) is 6. The summed E-state index contributed by atoms with van der Waals surface area (Å²) in [6, 6.07) is 0.